The first kappa shape index (κ1) is 9.11. The van der Waals surface area contributed by atoms with Crippen LogP contribution in [-0.2, 0) is 0 Å². The summed E-state index contributed by atoms with van der Waals surface area (Å²) in [5.74, 6) is 0. The minimum Gasteiger partial charge on any atom is -0.165 e. The molecule has 0 aliphatic heterocycles. The molecule has 0 bridgehead atoms. The van der Waals surface area contributed by atoms with Gasteiger partial charge in [-0.05, 0) is 6.92 Å². The van der Waals surface area contributed by atoms with Crippen LogP contribution in [0.2, 0.25) is 0 Å². The van der Waals surface area contributed by atoms with Crippen LogP contribution in [-0.4, -0.2) is 6.18 Å². The predicted octanol–water partition coefficient (Wildman–Crippen LogP) is 3.26. The van der Waals surface area contributed by atoms with E-state index in [1.54, 1.807) is 0 Å². The van der Waals surface area contributed by atoms with Crippen LogP contribution in [0.4, 0.5) is 13.2 Å². The molecule has 0 radical (unpaired) electrons. The lowest BCUT2D eigenvalue weighted by molar-refractivity contribution is -0.0848. The molecule has 0 aliphatic carbocycles. The first-order valence-corrected chi connectivity index (χ1v) is 2.70. The van der Waals surface area contributed by atoms with Crippen molar-refractivity contribution in [3.63, 3.8) is 0 Å². The van der Waals surface area contributed by atoms with Gasteiger partial charge in [-0.2, -0.15) is 13.2 Å². The Labute approximate surface area is 60.2 Å². The van der Waals surface area contributed by atoms with Gasteiger partial charge in [0.05, 0.1) is 0 Å². The van der Waals surface area contributed by atoms with Crippen LogP contribution in [0.1, 0.15) is 6.92 Å². The molecular formula is C4H3Cl2F3. The molecule has 0 aromatic heterocycles. The molecule has 0 aliphatic rings. The molecule has 0 saturated heterocycles. The fraction of sp³-hybridized carbons (Fsp3) is 0.500. The summed E-state index contributed by atoms with van der Waals surface area (Å²) in [6.45, 7) is 1.08. The van der Waals surface area contributed by atoms with Gasteiger partial charge in [-0.25, -0.2) is 0 Å². The van der Waals surface area contributed by atoms with E-state index < -0.39 is 16.2 Å². The molecule has 0 nitrogen and oxygen atoms in total. The van der Waals surface area contributed by atoms with Gasteiger partial charge >= 0.3 is 6.18 Å². The molecule has 54 valence electrons. The molecule has 0 heterocycles. The second kappa shape index (κ2) is 2.80. The summed E-state index contributed by atoms with van der Waals surface area (Å²) < 4.78 is 34.3. The van der Waals surface area contributed by atoms with Gasteiger partial charge in [0.2, 0.25) is 0 Å². The number of hydrogen-bond acceptors (Lipinski definition) is 0. The van der Waals surface area contributed by atoms with Crippen molar-refractivity contribution in [1.29, 1.82) is 0 Å². The highest BCUT2D eigenvalue weighted by molar-refractivity contribution is 6.39. The first-order valence-electron chi connectivity index (χ1n) is 1.94. The maximum atomic E-state index is 11.4. The van der Waals surface area contributed by atoms with Crippen LogP contribution in [0.25, 0.3) is 0 Å². The molecule has 0 aromatic rings. The molecule has 0 fully saturated rings. The lowest BCUT2D eigenvalue weighted by Gasteiger charge is -2.03. The van der Waals surface area contributed by atoms with Gasteiger partial charge in [-0.15, -0.1) is 0 Å². The van der Waals surface area contributed by atoms with Crippen molar-refractivity contribution in [3.8, 4) is 0 Å². The minimum atomic E-state index is -4.51. The van der Waals surface area contributed by atoms with Gasteiger partial charge in [-0.3, -0.25) is 0 Å². The maximum Gasteiger partial charge on any atom is 0.428 e. The van der Waals surface area contributed by atoms with Crippen LogP contribution in [0, 0.1) is 0 Å². The van der Waals surface area contributed by atoms with E-state index in [-0.39, 0.29) is 0 Å². The monoisotopic (exact) mass is 178 g/mol. The van der Waals surface area contributed by atoms with Crippen molar-refractivity contribution in [2.75, 3.05) is 0 Å². The lowest BCUT2D eigenvalue weighted by atomic mass is 10.5. The summed E-state index contributed by atoms with van der Waals surface area (Å²) in [5.41, 5.74) is 0. The molecule has 9 heavy (non-hydrogen) atoms. The Morgan fingerprint density at radius 1 is 1.22 bits per heavy atom. The van der Waals surface area contributed by atoms with E-state index in [1.165, 1.54) is 0 Å². The molecule has 5 heteroatoms. The fourth-order valence-corrected chi connectivity index (χ4v) is 0.302. The van der Waals surface area contributed by atoms with Crippen molar-refractivity contribution in [2.45, 2.75) is 13.1 Å². The Bertz CT molecular complexity index is 131. The van der Waals surface area contributed by atoms with Crippen molar-refractivity contribution < 1.29 is 13.2 Å². The normalized spacial score (nSPS) is 15.3. The molecule has 0 amide bonds. The molecule has 0 aromatic carbocycles. The average Bonchev–Trinajstić information content (AvgIpc) is 1.62. The molecule has 0 spiro atoms. The molecule has 0 saturated carbocycles. The Morgan fingerprint density at radius 2 is 1.56 bits per heavy atom. The highest BCUT2D eigenvalue weighted by Gasteiger charge is 2.33. The summed E-state index contributed by atoms with van der Waals surface area (Å²) in [7, 11) is 0. The SMILES string of the molecule is C/C(Cl)=C(/Cl)C(F)(F)F. The largest absolute Gasteiger partial charge is 0.428 e. The first-order chi connectivity index (χ1) is 3.85. The number of halogens is 5. The summed E-state index contributed by atoms with van der Waals surface area (Å²) in [6, 6.07) is 0. The van der Waals surface area contributed by atoms with Crippen LogP contribution in [0.15, 0.2) is 10.1 Å². The van der Waals surface area contributed by atoms with Crippen LogP contribution >= 0.6 is 23.2 Å². The standard InChI is InChI=1S/C4H3Cl2F3/c1-2(5)3(6)4(7,8)9/h1H3/b3-2-. The number of alkyl halides is 3. The van der Waals surface area contributed by atoms with Gasteiger partial charge in [-0.1, -0.05) is 23.2 Å². The summed E-state index contributed by atoms with van der Waals surface area (Å²) in [4.78, 5) is 0. The van der Waals surface area contributed by atoms with Gasteiger partial charge < -0.3 is 0 Å². The van der Waals surface area contributed by atoms with E-state index in [1.807, 2.05) is 0 Å². The zero-order valence-corrected chi connectivity index (χ0v) is 5.90. The average molecular weight is 179 g/mol. The van der Waals surface area contributed by atoms with Crippen molar-refractivity contribution in [1.82, 2.24) is 0 Å². The summed E-state index contributed by atoms with van der Waals surface area (Å²) in [5, 5.41) is -1.70. The molecular weight excluding hydrogens is 176 g/mol. The van der Waals surface area contributed by atoms with E-state index in [2.05, 4.69) is 0 Å². The zero-order chi connectivity index (χ0) is 7.65. The summed E-state index contributed by atoms with van der Waals surface area (Å²) in [6.07, 6.45) is -4.51. The summed E-state index contributed by atoms with van der Waals surface area (Å²) >= 11 is 9.66. The van der Waals surface area contributed by atoms with E-state index in [9.17, 15) is 13.2 Å². The number of rotatable bonds is 0. The van der Waals surface area contributed by atoms with E-state index in [0.29, 0.717) is 0 Å². The Morgan fingerprint density at radius 3 is 1.56 bits per heavy atom. The van der Waals surface area contributed by atoms with Crippen LogP contribution in [0.5, 0.6) is 0 Å². The third-order valence-corrected chi connectivity index (χ3v) is 1.33. The highest BCUT2D eigenvalue weighted by Crippen LogP contribution is 2.32. The zero-order valence-electron chi connectivity index (χ0n) is 4.39. The van der Waals surface area contributed by atoms with Gasteiger partial charge in [0.1, 0.15) is 5.03 Å². The number of allylic oxidation sites excluding steroid dienone is 2. The number of hydrogen-bond donors (Lipinski definition) is 0. The van der Waals surface area contributed by atoms with Crippen molar-refractivity contribution in [2.24, 2.45) is 0 Å². The third-order valence-electron chi connectivity index (χ3n) is 0.551. The van der Waals surface area contributed by atoms with Gasteiger partial charge in [0.25, 0.3) is 0 Å². The van der Waals surface area contributed by atoms with E-state index in [0.717, 1.165) is 6.92 Å². The van der Waals surface area contributed by atoms with Crippen LogP contribution < -0.4 is 0 Å². The van der Waals surface area contributed by atoms with E-state index >= 15 is 0 Å². The Balaban J connectivity index is 4.40. The topological polar surface area (TPSA) is 0 Å². The van der Waals surface area contributed by atoms with Crippen molar-refractivity contribution in [3.05, 3.63) is 10.1 Å². The van der Waals surface area contributed by atoms with E-state index in [4.69, 9.17) is 23.2 Å². The lowest BCUT2D eigenvalue weighted by Crippen LogP contribution is -2.07. The maximum absolute atomic E-state index is 11.4. The quantitative estimate of drug-likeness (QED) is 0.535. The Hall–Kier alpha value is 0.110. The molecule has 0 N–H and O–H groups in total. The van der Waals surface area contributed by atoms with Gasteiger partial charge in [0.15, 0.2) is 0 Å². The molecule has 0 rings (SSSR count). The highest BCUT2D eigenvalue weighted by atomic mass is 35.5. The molecule has 0 atom stereocenters. The minimum absolute atomic E-state index is 0.441. The fourth-order valence-electron chi connectivity index (χ4n) is 0.195. The second-order valence-corrected chi connectivity index (χ2v) is 2.29. The van der Waals surface area contributed by atoms with Gasteiger partial charge in [0, 0.05) is 5.03 Å². The third kappa shape index (κ3) is 2.96. The van der Waals surface area contributed by atoms with Crippen LogP contribution in [0.3, 0.4) is 0 Å². The second-order valence-electron chi connectivity index (χ2n) is 1.35. The predicted molar refractivity (Wildman–Crippen MR) is 30.5 cm³/mol. The van der Waals surface area contributed by atoms with Crippen molar-refractivity contribution >= 4 is 23.2 Å². The Kier molecular flexibility index (Phi) is 2.83. The smallest absolute Gasteiger partial charge is 0.165 e. The molecule has 0 unspecified atom stereocenters.